The summed E-state index contributed by atoms with van der Waals surface area (Å²) >= 11 is 0. The predicted molar refractivity (Wildman–Crippen MR) is 67.7 cm³/mol. The third-order valence-corrected chi connectivity index (χ3v) is 2.64. The zero-order valence-electron chi connectivity index (χ0n) is 11.2. The Balaban J connectivity index is 2.21. The van der Waals surface area contributed by atoms with Crippen LogP contribution in [0.5, 0.6) is 0 Å². The van der Waals surface area contributed by atoms with Crippen LogP contribution in [0.4, 0.5) is 0 Å². The van der Waals surface area contributed by atoms with Gasteiger partial charge in [-0.3, -0.25) is 4.79 Å². The molecule has 0 bridgehead atoms. The van der Waals surface area contributed by atoms with Crippen molar-refractivity contribution in [2.75, 3.05) is 19.8 Å². The Labute approximate surface area is 113 Å². The van der Waals surface area contributed by atoms with Gasteiger partial charge in [-0.15, -0.1) is 0 Å². The Morgan fingerprint density at radius 3 is 2.95 bits per heavy atom. The maximum absolute atomic E-state index is 11.3. The molecule has 0 saturated carbocycles. The minimum Gasteiger partial charge on any atom is -0.465 e. The molecule has 0 aromatic rings. The Morgan fingerprint density at radius 2 is 2.32 bits per heavy atom. The van der Waals surface area contributed by atoms with Crippen molar-refractivity contribution in [3.63, 3.8) is 0 Å². The highest BCUT2D eigenvalue weighted by atomic mass is 16.7. The van der Waals surface area contributed by atoms with Crippen molar-refractivity contribution in [2.45, 2.75) is 38.9 Å². The minimum atomic E-state index is -0.821. The first-order valence-corrected chi connectivity index (χ1v) is 6.53. The molecule has 1 fully saturated rings. The van der Waals surface area contributed by atoms with Crippen molar-refractivity contribution >= 4 is 5.97 Å². The highest BCUT2D eigenvalue weighted by Crippen LogP contribution is 2.13. The molecule has 0 aromatic heterocycles. The molecule has 1 rings (SSSR count). The van der Waals surface area contributed by atoms with E-state index in [1.54, 1.807) is 6.92 Å². The number of carbonyl (C=O) groups is 1. The summed E-state index contributed by atoms with van der Waals surface area (Å²) in [6.07, 6.45) is 3.09. The molecule has 2 unspecified atom stereocenters. The van der Waals surface area contributed by atoms with Crippen LogP contribution in [0.15, 0.2) is 0 Å². The molecule has 0 amide bonds. The fourth-order valence-corrected chi connectivity index (χ4v) is 1.63. The van der Waals surface area contributed by atoms with E-state index in [-0.39, 0.29) is 25.9 Å². The van der Waals surface area contributed by atoms with E-state index in [2.05, 4.69) is 11.8 Å². The van der Waals surface area contributed by atoms with E-state index in [4.69, 9.17) is 19.5 Å². The monoisotopic (exact) mass is 265 g/mol. The van der Waals surface area contributed by atoms with Crippen LogP contribution >= 0.6 is 0 Å². The fourth-order valence-electron chi connectivity index (χ4n) is 1.63. The van der Waals surface area contributed by atoms with E-state index in [1.165, 1.54) is 0 Å². The zero-order chi connectivity index (χ0) is 13.9. The summed E-state index contributed by atoms with van der Waals surface area (Å²) in [7, 11) is 0. The Kier molecular flexibility index (Phi) is 7.65. The van der Waals surface area contributed by atoms with Crippen LogP contribution < -0.4 is 0 Å². The molecule has 1 aliphatic heterocycles. The largest absolute Gasteiger partial charge is 0.465 e. The average Bonchev–Trinajstić information content (AvgIpc) is 2.44. The van der Waals surface area contributed by atoms with Crippen LogP contribution in [0, 0.1) is 29.1 Å². The topological polar surface area (TPSA) is 68.6 Å². The third kappa shape index (κ3) is 6.24. The number of esters is 1. The van der Waals surface area contributed by atoms with Gasteiger partial charge in [-0.1, -0.05) is 11.8 Å². The third-order valence-electron chi connectivity index (χ3n) is 2.64. The van der Waals surface area contributed by atoms with Gasteiger partial charge in [-0.25, -0.2) is 0 Å². The summed E-state index contributed by atoms with van der Waals surface area (Å²) in [5.41, 5.74) is 0. The molecule has 5 nitrogen and oxygen atoms in total. The van der Waals surface area contributed by atoms with E-state index in [0.29, 0.717) is 0 Å². The van der Waals surface area contributed by atoms with Crippen molar-refractivity contribution in [3.05, 3.63) is 0 Å². The smallest absolute Gasteiger partial charge is 0.324 e. The zero-order valence-corrected chi connectivity index (χ0v) is 11.2. The molecule has 5 heteroatoms. The SMILES string of the molecule is CCOC(=O)C(C#N)CC#CCOC1CCCCO1. The minimum absolute atomic E-state index is 0.167. The molecule has 19 heavy (non-hydrogen) atoms. The summed E-state index contributed by atoms with van der Waals surface area (Å²) in [4.78, 5) is 11.3. The molecule has 104 valence electrons. The lowest BCUT2D eigenvalue weighted by Crippen LogP contribution is -2.22. The van der Waals surface area contributed by atoms with E-state index < -0.39 is 11.9 Å². The van der Waals surface area contributed by atoms with E-state index >= 15 is 0 Å². The fraction of sp³-hybridized carbons (Fsp3) is 0.714. The van der Waals surface area contributed by atoms with Gasteiger partial charge >= 0.3 is 5.97 Å². The quantitative estimate of drug-likeness (QED) is 0.558. The number of rotatable bonds is 5. The van der Waals surface area contributed by atoms with Crippen LogP contribution in [-0.2, 0) is 19.0 Å². The standard InChI is InChI=1S/C14H19NO4/c1-2-17-14(16)12(11-15)7-3-5-9-18-13-8-4-6-10-19-13/h12-13H,2,4,6-10H2,1H3. The van der Waals surface area contributed by atoms with Gasteiger partial charge in [0, 0.05) is 13.0 Å². The molecular formula is C14H19NO4. The lowest BCUT2D eigenvalue weighted by atomic mass is 10.1. The maximum Gasteiger partial charge on any atom is 0.324 e. The second kappa shape index (κ2) is 9.38. The van der Waals surface area contributed by atoms with Gasteiger partial charge < -0.3 is 14.2 Å². The molecule has 0 aliphatic carbocycles. The molecule has 0 radical (unpaired) electrons. The highest BCUT2D eigenvalue weighted by Gasteiger charge is 2.17. The van der Waals surface area contributed by atoms with Crippen molar-refractivity contribution < 1.29 is 19.0 Å². The molecule has 1 aliphatic rings. The number of hydrogen-bond acceptors (Lipinski definition) is 5. The number of carbonyl (C=O) groups excluding carboxylic acids is 1. The van der Waals surface area contributed by atoms with Crippen LogP contribution in [0.1, 0.15) is 32.6 Å². The van der Waals surface area contributed by atoms with Gasteiger partial charge in [0.25, 0.3) is 0 Å². The second-order valence-corrected chi connectivity index (χ2v) is 4.10. The van der Waals surface area contributed by atoms with Gasteiger partial charge in [0.05, 0.1) is 12.7 Å². The van der Waals surface area contributed by atoms with Gasteiger partial charge in [0.1, 0.15) is 6.61 Å². The van der Waals surface area contributed by atoms with Gasteiger partial charge in [0.2, 0.25) is 0 Å². The van der Waals surface area contributed by atoms with Gasteiger partial charge in [0.15, 0.2) is 12.2 Å². The van der Waals surface area contributed by atoms with Gasteiger partial charge in [-0.2, -0.15) is 5.26 Å². The summed E-state index contributed by atoms with van der Waals surface area (Å²) < 4.78 is 15.6. The second-order valence-electron chi connectivity index (χ2n) is 4.10. The first-order valence-electron chi connectivity index (χ1n) is 6.53. The normalized spacial score (nSPS) is 19.7. The van der Waals surface area contributed by atoms with Crippen LogP contribution in [0.25, 0.3) is 0 Å². The number of ether oxygens (including phenoxy) is 3. The van der Waals surface area contributed by atoms with E-state index in [9.17, 15) is 4.79 Å². The maximum atomic E-state index is 11.3. The molecule has 0 aromatic carbocycles. The number of nitrogens with zero attached hydrogens (tertiary/aromatic N) is 1. The molecule has 2 atom stereocenters. The number of hydrogen-bond donors (Lipinski definition) is 0. The molecule has 1 saturated heterocycles. The van der Waals surface area contributed by atoms with Crippen molar-refractivity contribution in [2.24, 2.45) is 5.92 Å². The van der Waals surface area contributed by atoms with Crippen LogP contribution in [0.3, 0.4) is 0 Å². The summed E-state index contributed by atoms with van der Waals surface area (Å²) in [6.45, 7) is 2.96. The Morgan fingerprint density at radius 1 is 1.47 bits per heavy atom. The molecular weight excluding hydrogens is 246 g/mol. The van der Waals surface area contributed by atoms with Crippen molar-refractivity contribution in [1.29, 1.82) is 5.26 Å². The Bertz CT molecular complexity index is 371. The predicted octanol–water partition coefficient (Wildman–Crippen LogP) is 1.63. The lowest BCUT2D eigenvalue weighted by Gasteiger charge is -2.21. The highest BCUT2D eigenvalue weighted by molar-refractivity contribution is 5.75. The van der Waals surface area contributed by atoms with Crippen LogP contribution in [0.2, 0.25) is 0 Å². The van der Waals surface area contributed by atoms with Crippen molar-refractivity contribution in [3.8, 4) is 17.9 Å². The molecule has 1 heterocycles. The molecule has 0 N–H and O–H groups in total. The van der Waals surface area contributed by atoms with Gasteiger partial charge in [-0.05, 0) is 26.2 Å². The Hall–Kier alpha value is -1.56. The summed E-state index contributed by atoms with van der Waals surface area (Å²) in [5.74, 6) is 4.21. The molecule has 0 spiro atoms. The first-order chi connectivity index (χ1) is 9.27. The number of nitriles is 1. The average molecular weight is 265 g/mol. The first kappa shape index (κ1) is 15.5. The van der Waals surface area contributed by atoms with E-state index in [0.717, 1.165) is 25.9 Å². The summed E-state index contributed by atoms with van der Waals surface area (Å²) in [5, 5.41) is 8.81. The summed E-state index contributed by atoms with van der Waals surface area (Å²) in [6, 6.07) is 1.88. The van der Waals surface area contributed by atoms with E-state index in [1.807, 2.05) is 6.07 Å². The van der Waals surface area contributed by atoms with Crippen molar-refractivity contribution in [1.82, 2.24) is 0 Å². The lowest BCUT2D eigenvalue weighted by molar-refractivity contribution is -0.154. The van der Waals surface area contributed by atoms with Crippen LogP contribution in [-0.4, -0.2) is 32.1 Å².